The van der Waals surface area contributed by atoms with E-state index in [0.717, 1.165) is 55.6 Å². The Morgan fingerprint density at radius 2 is 2.15 bits per heavy atom. The SMILES string of the molecule is CCCN(C(=O)c1cc(Br)cn1CC)C1CCNCC1. The van der Waals surface area contributed by atoms with E-state index in [1.54, 1.807) is 0 Å². The second kappa shape index (κ2) is 7.27. The van der Waals surface area contributed by atoms with Crippen LogP contribution in [0.5, 0.6) is 0 Å². The van der Waals surface area contributed by atoms with Gasteiger partial charge in [0.25, 0.3) is 5.91 Å². The van der Waals surface area contributed by atoms with Crippen LogP contribution in [-0.2, 0) is 6.54 Å². The molecule has 1 saturated heterocycles. The van der Waals surface area contributed by atoms with Gasteiger partial charge in [-0.1, -0.05) is 6.92 Å². The van der Waals surface area contributed by atoms with Gasteiger partial charge in [-0.2, -0.15) is 0 Å². The van der Waals surface area contributed by atoms with Crippen molar-refractivity contribution in [3.63, 3.8) is 0 Å². The maximum atomic E-state index is 12.9. The average Bonchev–Trinajstić information content (AvgIpc) is 2.86. The Bertz CT molecular complexity index is 452. The van der Waals surface area contributed by atoms with E-state index in [-0.39, 0.29) is 5.91 Å². The summed E-state index contributed by atoms with van der Waals surface area (Å²) in [5.41, 5.74) is 0.798. The molecule has 1 aliphatic heterocycles. The molecular weight excluding hydrogens is 318 g/mol. The highest BCUT2D eigenvalue weighted by molar-refractivity contribution is 9.10. The van der Waals surface area contributed by atoms with E-state index in [2.05, 4.69) is 40.0 Å². The van der Waals surface area contributed by atoms with Gasteiger partial charge in [-0.3, -0.25) is 4.79 Å². The second-order valence-electron chi connectivity index (χ2n) is 5.31. The van der Waals surface area contributed by atoms with Gasteiger partial charge < -0.3 is 14.8 Å². The van der Waals surface area contributed by atoms with Crippen LogP contribution in [0, 0.1) is 0 Å². The van der Waals surface area contributed by atoms with Gasteiger partial charge in [-0.15, -0.1) is 0 Å². The molecule has 1 N–H and O–H groups in total. The van der Waals surface area contributed by atoms with Crippen molar-refractivity contribution < 1.29 is 4.79 Å². The van der Waals surface area contributed by atoms with Crippen LogP contribution < -0.4 is 5.32 Å². The number of piperidine rings is 1. The molecule has 1 fully saturated rings. The highest BCUT2D eigenvalue weighted by atomic mass is 79.9. The lowest BCUT2D eigenvalue weighted by atomic mass is 10.0. The van der Waals surface area contributed by atoms with E-state index < -0.39 is 0 Å². The third-order valence-electron chi connectivity index (χ3n) is 3.90. The van der Waals surface area contributed by atoms with Crippen LogP contribution in [0.15, 0.2) is 16.7 Å². The van der Waals surface area contributed by atoms with Crippen molar-refractivity contribution in [2.45, 2.75) is 45.7 Å². The lowest BCUT2D eigenvalue weighted by molar-refractivity contribution is 0.0631. The molecule has 1 aliphatic rings. The van der Waals surface area contributed by atoms with Gasteiger partial charge in [0.2, 0.25) is 0 Å². The molecule has 0 saturated carbocycles. The molecule has 0 radical (unpaired) electrons. The van der Waals surface area contributed by atoms with Crippen molar-refractivity contribution in [2.24, 2.45) is 0 Å². The number of carbonyl (C=O) groups excluding carboxylic acids is 1. The number of aryl methyl sites for hydroxylation is 1. The lowest BCUT2D eigenvalue weighted by Gasteiger charge is -2.34. The number of halogens is 1. The van der Waals surface area contributed by atoms with Gasteiger partial charge in [0.1, 0.15) is 5.69 Å². The molecular formula is C15H24BrN3O. The number of nitrogens with one attached hydrogen (secondary N) is 1. The molecule has 4 nitrogen and oxygen atoms in total. The van der Waals surface area contributed by atoms with Crippen molar-refractivity contribution in [1.82, 2.24) is 14.8 Å². The van der Waals surface area contributed by atoms with E-state index in [9.17, 15) is 4.79 Å². The summed E-state index contributed by atoms with van der Waals surface area (Å²) in [7, 11) is 0. The molecule has 2 heterocycles. The smallest absolute Gasteiger partial charge is 0.270 e. The molecule has 0 aliphatic carbocycles. The summed E-state index contributed by atoms with van der Waals surface area (Å²) in [5, 5.41) is 3.37. The molecule has 112 valence electrons. The Balaban J connectivity index is 2.20. The Morgan fingerprint density at radius 1 is 1.45 bits per heavy atom. The third kappa shape index (κ3) is 3.44. The summed E-state index contributed by atoms with van der Waals surface area (Å²) in [6.07, 6.45) is 5.10. The molecule has 5 heteroatoms. The standard InChI is InChI=1S/C15H24BrN3O/c1-3-9-19(13-5-7-17-8-6-13)15(20)14-10-12(16)11-18(14)4-2/h10-11,13,17H,3-9H2,1-2H3. The number of amides is 1. The van der Waals surface area contributed by atoms with E-state index in [0.29, 0.717) is 6.04 Å². The van der Waals surface area contributed by atoms with Gasteiger partial charge in [0, 0.05) is 29.8 Å². The Morgan fingerprint density at radius 3 is 2.75 bits per heavy atom. The van der Waals surface area contributed by atoms with Gasteiger partial charge in [-0.05, 0) is 61.3 Å². The first kappa shape index (κ1) is 15.6. The molecule has 20 heavy (non-hydrogen) atoms. The second-order valence-corrected chi connectivity index (χ2v) is 6.22. The van der Waals surface area contributed by atoms with Crippen molar-refractivity contribution in [3.05, 3.63) is 22.4 Å². The first-order valence-corrected chi connectivity index (χ1v) is 8.34. The molecule has 0 aromatic carbocycles. The Hall–Kier alpha value is -0.810. The first-order valence-electron chi connectivity index (χ1n) is 7.54. The Labute approximate surface area is 129 Å². The van der Waals surface area contributed by atoms with E-state index >= 15 is 0 Å². The summed E-state index contributed by atoms with van der Waals surface area (Å²) >= 11 is 3.47. The Kier molecular flexibility index (Phi) is 5.66. The van der Waals surface area contributed by atoms with Gasteiger partial charge >= 0.3 is 0 Å². The maximum absolute atomic E-state index is 12.9. The van der Waals surface area contributed by atoms with E-state index in [4.69, 9.17) is 0 Å². The van der Waals surface area contributed by atoms with Gasteiger partial charge in [-0.25, -0.2) is 0 Å². The van der Waals surface area contributed by atoms with Crippen molar-refractivity contribution in [2.75, 3.05) is 19.6 Å². The van der Waals surface area contributed by atoms with Crippen LogP contribution in [0.2, 0.25) is 0 Å². The van der Waals surface area contributed by atoms with Crippen LogP contribution in [0.4, 0.5) is 0 Å². The number of hydrogen-bond donors (Lipinski definition) is 1. The minimum atomic E-state index is 0.173. The highest BCUT2D eigenvalue weighted by Gasteiger charge is 2.27. The summed E-state index contributed by atoms with van der Waals surface area (Å²) in [6, 6.07) is 2.32. The molecule has 0 spiro atoms. The molecule has 1 aromatic heterocycles. The van der Waals surface area contributed by atoms with Crippen molar-refractivity contribution in [1.29, 1.82) is 0 Å². The molecule has 0 atom stereocenters. The van der Waals surface area contributed by atoms with Crippen LogP contribution in [0.3, 0.4) is 0 Å². The third-order valence-corrected chi connectivity index (χ3v) is 4.33. The lowest BCUT2D eigenvalue weighted by Crippen LogP contribution is -2.46. The van der Waals surface area contributed by atoms with Crippen LogP contribution in [-0.4, -0.2) is 41.1 Å². The van der Waals surface area contributed by atoms with Gasteiger partial charge in [0.05, 0.1) is 0 Å². The highest BCUT2D eigenvalue weighted by Crippen LogP contribution is 2.20. The summed E-state index contributed by atoms with van der Waals surface area (Å²) < 4.78 is 3.00. The fraction of sp³-hybridized carbons (Fsp3) is 0.667. The zero-order valence-corrected chi connectivity index (χ0v) is 13.9. The largest absolute Gasteiger partial charge is 0.343 e. The van der Waals surface area contributed by atoms with Crippen molar-refractivity contribution in [3.8, 4) is 0 Å². The number of rotatable bonds is 5. The van der Waals surface area contributed by atoms with Crippen molar-refractivity contribution >= 4 is 21.8 Å². The zero-order valence-electron chi connectivity index (χ0n) is 12.4. The predicted octanol–water partition coefficient (Wildman–Crippen LogP) is 2.87. The number of nitrogens with zero attached hydrogens (tertiary/aromatic N) is 2. The molecule has 1 aromatic rings. The summed E-state index contributed by atoms with van der Waals surface area (Å²) in [5.74, 6) is 0.173. The molecule has 1 amide bonds. The van der Waals surface area contributed by atoms with Gasteiger partial charge in [0.15, 0.2) is 0 Å². The number of aromatic nitrogens is 1. The minimum Gasteiger partial charge on any atom is -0.343 e. The summed E-state index contributed by atoms with van der Waals surface area (Å²) in [4.78, 5) is 15.0. The zero-order chi connectivity index (χ0) is 14.5. The normalized spacial score (nSPS) is 16.4. The summed E-state index contributed by atoms with van der Waals surface area (Å²) in [6.45, 7) is 7.89. The average molecular weight is 342 g/mol. The predicted molar refractivity (Wildman–Crippen MR) is 85.0 cm³/mol. The fourth-order valence-corrected chi connectivity index (χ4v) is 3.34. The topological polar surface area (TPSA) is 37.3 Å². The fourth-order valence-electron chi connectivity index (χ4n) is 2.87. The monoisotopic (exact) mass is 341 g/mol. The molecule has 0 bridgehead atoms. The van der Waals surface area contributed by atoms with E-state index in [1.807, 2.05) is 16.8 Å². The van der Waals surface area contributed by atoms with E-state index in [1.165, 1.54) is 0 Å². The number of hydrogen-bond acceptors (Lipinski definition) is 2. The van der Waals surface area contributed by atoms with Crippen LogP contribution >= 0.6 is 15.9 Å². The van der Waals surface area contributed by atoms with Crippen LogP contribution in [0.25, 0.3) is 0 Å². The minimum absolute atomic E-state index is 0.173. The molecule has 0 unspecified atom stereocenters. The number of carbonyl (C=O) groups is 1. The molecule has 2 rings (SSSR count). The van der Waals surface area contributed by atoms with Crippen LogP contribution in [0.1, 0.15) is 43.6 Å². The maximum Gasteiger partial charge on any atom is 0.270 e. The first-order chi connectivity index (χ1) is 9.67. The quantitative estimate of drug-likeness (QED) is 0.893.